The molecule has 0 saturated heterocycles. The average Bonchev–Trinajstić information content (AvgIpc) is 3.52. The maximum absolute atomic E-state index is 5.36. The summed E-state index contributed by atoms with van der Waals surface area (Å²) >= 11 is 1.24. The van der Waals surface area contributed by atoms with Gasteiger partial charge in [-0.1, -0.05) is 97.1 Å². The molecule has 5 aromatic carbocycles. The van der Waals surface area contributed by atoms with Crippen LogP contribution in [0.4, 0.5) is 0 Å². The molecule has 5 heteroatoms. The molecule has 8 rings (SSSR count). The quantitative estimate of drug-likeness (QED) is 0.262. The molecule has 0 unspecified atom stereocenters. The van der Waals surface area contributed by atoms with Crippen molar-refractivity contribution in [2.75, 3.05) is 0 Å². The van der Waals surface area contributed by atoms with Gasteiger partial charge in [0.15, 0.2) is 0 Å². The van der Waals surface area contributed by atoms with Gasteiger partial charge in [0.05, 0.1) is 23.1 Å². The van der Waals surface area contributed by atoms with E-state index in [9.17, 15) is 0 Å². The number of hydrogen-bond acceptors (Lipinski definition) is 5. The first-order chi connectivity index (χ1) is 17.4. The van der Waals surface area contributed by atoms with Gasteiger partial charge < -0.3 is 0 Å². The van der Waals surface area contributed by atoms with Crippen LogP contribution in [-0.4, -0.2) is 18.7 Å². The van der Waals surface area contributed by atoms with Crippen molar-refractivity contribution in [3.63, 3.8) is 0 Å². The van der Waals surface area contributed by atoms with Gasteiger partial charge in [-0.25, -0.2) is 9.97 Å². The average molecular weight is 465 g/mol. The van der Waals surface area contributed by atoms with Gasteiger partial charge in [-0.15, -0.1) is 0 Å². The van der Waals surface area contributed by atoms with Crippen molar-refractivity contribution in [3.8, 4) is 44.8 Å². The van der Waals surface area contributed by atoms with Gasteiger partial charge in [-0.05, 0) is 16.5 Å². The summed E-state index contributed by atoms with van der Waals surface area (Å²) in [5.74, 6) is 0. The van der Waals surface area contributed by atoms with Gasteiger partial charge in [0.1, 0.15) is 22.1 Å². The molecule has 0 radical (unpaired) electrons. The smallest absolute Gasteiger partial charge is 0.115 e. The second-order valence-corrected chi connectivity index (χ2v) is 9.30. The van der Waals surface area contributed by atoms with Crippen LogP contribution < -0.4 is 0 Å². The van der Waals surface area contributed by atoms with Crippen LogP contribution >= 0.6 is 11.7 Å². The Bertz CT molecular complexity index is 1810. The van der Waals surface area contributed by atoms with E-state index in [1.165, 1.54) is 22.5 Å². The van der Waals surface area contributed by atoms with Gasteiger partial charge in [-0.3, -0.25) is 0 Å². The second kappa shape index (κ2) is 7.01. The normalized spacial score (nSPS) is 12.0. The molecule has 0 spiro atoms. The van der Waals surface area contributed by atoms with E-state index in [0.717, 1.165) is 66.8 Å². The highest BCUT2D eigenvalue weighted by Gasteiger charge is 2.28. The first-order valence-corrected chi connectivity index (χ1v) is 12.2. The molecule has 162 valence electrons. The lowest BCUT2D eigenvalue weighted by Crippen LogP contribution is -1.97. The molecular formula is C30H16N4S. The summed E-state index contributed by atoms with van der Waals surface area (Å²) in [5, 5.41) is 2.43. The fourth-order valence-electron chi connectivity index (χ4n) is 5.39. The van der Waals surface area contributed by atoms with Crippen LogP contribution in [-0.2, 0) is 0 Å². The van der Waals surface area contributed by atoms with Crippen LogP contribution in [0.15, 0.2) is 97.1 Å². The SMILES string of the molecule is c1ccc(-c2c3nsnc3c(-c3ccccc3)c3nc4c(nc23)-c2cccc3cccc-4c23)cc1. The molecule has 4 nitrogen and oxygen atoms in total. The third kappa shape index (κ3) is 2.56. The van der Waals surface area contributed by atoms with E-state index in [2.05, 4.69) is 84.9 Å². The first-order valence-electron chi connectivity index (χ1n) is 11.5. The molecule has 35 heavy (non-hydrogen) atoms. The van der Waals surface area contributed by atoms with Crippen molar-refractivity contribution in [2.45, 2.75) is 0 Å². The van der Waals surface area contributed by atoms with Crippen LogP contribution in [0.5, 0.6) is 0 Å². The summed E-state index contributed by atoms with van der Waals surface area (Å²) in [7, 11) is 0. The molecular weight excluding hydrogens is 448 g/mol. The summed E-state index contributed by atoms with van der Waals surface area (Å²) in [6, 6.07) is 33.5. The molecule has 1 aliphatic rings. The molecule has 0 atom stereocenters. The zero-order valence-electron chi connectivity index (χ0n) is 18.4. The van der Waals surface area contributed by atoms with E-state index in [1.807, 2.05) is 12.1 Å². The van der Waals surface area contributed by atoms with E-state index in [-0.39, 0.29) is 0 Å². The van der Waals surface area contributed by atoms with Crippen molar-refractivity contribution in [3.05, 3.63) is 97.1 Å². The molecule has 0 fully saturated rings. The zero-order chi connectivity index (χ0) is 22.9. The van der Waals surface area contributed by atoms with E-state index in [0.29, 0.717) is 0 Å². The van der Waals surface area contributed by atoms with Gasteiger partial charge in [0, 0.05) is 27.6 Å². The van der Waals surface area contributed by atoms with Crippen LogP contribution in [0.25, 0.3) is 77.6 Å². The topological polar surface area (TPSA) is 51.6 Å². The maximum Gasteiger partial charge on any atom is 0.115 e. The third-order valence-electron chi connectivity index (χ3n) is 6.87. The molecule has 0 bridgehead atoms. The Hall–Kier alpha value is -4.48. The summed E-state index contributed by atoms with van der Waals surface area (Å²) in [5.41, 5.74) is 11.7. The van der Waals surface area contributed by atoms with Gasteiger partial charge in [0.2, 0.25) is 0 Å². The van der Waals surface area contributed by atoms with E-state index in [1.54, 1.807) is 0 Å². The highest BCUT2D eigenvalue weighted by molar-refractivity contribution is 7.00. The summed E-state index contributed by atoms with van der Waals surface area (Å²) < 4.78 is 9.53. The van der Waals surface area contributed by atoms with Gasteiger partial charge in [0.25, 0.3) is 0 Å². The van der Waals surface area contributed by atoms with Crippen molar-refractivity contribution < 1.29 is 0 Å². The molecule has 2 heterocycles. The largest absolute Gasteiger partial charge is 0.243 e. The van der Waals surface area contributed by atoms with Crippen molar-refractivity contribution in [1.29, 1.82) is 0 Å². The molecule has 0 aliphatic heterocycles. The number of benzene rings is 5. The van der Waals surface area contributed by atoms with Crippen molar-refractivity contribution in [1.82, 2.24) is 18.7 Å². The Labute approximate surface area is 204 Å². The van der Waals surface area contributed by atoms with Gasteiger partial charge in [-0.2, -0.15) is 8.75 Å². The minimum absolute atomic E-state index is 0.860. The second-order valence-electron chi connectivity index (χ2n) is 8.77. The van der Waals surface area contributed by atoms with E-state index >= 15 is 0 Å². The zero-order valence-corrected chi connectivity index (χ0v) is 19.3. The molecule has 0 amide bonds. The Morgan fingerprint density at radius 1 is 0.457 bits per heavy atom. The van der Waals surface area contributed by atoms with Crippen LogP contribution in [0, 0.1) is 0 Å². The predicted octanol–water partition coefficient (Wildman–Crippen LogP) is 7.77. The first kappa shape index (κ1) is 18.9. The Morgan fingerprint density at radius 2 is 0.943 bits per heavy atom. The Morgan fingerprint density at radius 3 is 1.43 bits per heavy atom. The molecule has 2 aromatic heterocycles. The minimum Gasteiger partial charge on any atom is -0.243 e. The fourth-order valence-corrected chi connectivity index (χ4v) is 5.95. The highest BCUT2D eigenvalue weighted by atomic mass is 32.1. The number of rotatable bonds is 2. The standard InChI is InChI=1S/C30H16N4S/c1-3-9-18(10-4-1)23-27-28(24(19-11-5-2-6-12-19)30-29(23)33-35-34-30)32-26-21-16-8-14-17-13-7-15-20(22(17)21)25(26)31-27/h1-16H. The predicted molar refractivity (Wildman–Crippen MR) is 143 cm³/mol. The van der Waals surface area contributed by atoms with E-state index in [4.69, 9.17) is 18.7 Å². The number of hydrogen-bond donors (Lipinski definition) is 0. The number of aromatic nitrogens is 4. The highest BCUT2D eigenvalue weighted by Crippen LogP contribution is 2.48. The molecule has 7 aromatic rings. The fraction of sp³-hybridized carbons (Fsp3) is 0. The van der Waals surface area contributed by atoms with Crippen molar-refractivity contribution >= 4 is 44.6 Å². The molecule has 0 N–H and O–H groups in total. The van der Waals surface area contributed by atoms with Crippen LogP contribution in [0.1, 0.15) is 0 Å². The van der Waals surface area contributed by atoms with E-state index < -0.39 is 0 Å². The summed E-state index contributed by atoms with van der Waals surface area (Å²) in [6.45, 7) is 0. The molecule has 0 saturated carbocycles. The Balaban J connectivity index is 1.60. The number of fused-ring (bicyclic) bond motifs is 5. The lowest BCUT2D eigenvalue weighted by molar-refractivity contribution is 1.32. The van der Waals surface area contributed by atoms with Crippen LogP contribution in [0.2, 0.25) is 0 Å². The third-order valence-corrected chi connectivity index (χ3v) is 7.40. The number of nitrogens with zero attached hydrogens (tertiary/aromatic N) is 4. The lowest BCUT2D eigenvalue weighted by Gasteiger charge is -2.14. The molecule has 1 aliphatic carbocycles. The minimum atomic E-state index is 0.860. The van der Waals surface area contributed by atoms with Crippen LogP contribution in [0.3, 0.4) is 0 Å². The monoisotopic (exact) mass is 464 g/mol. The van der Waals surface area contributed by atoms with Gasteiger partial charge >= 0.3 is 0 Å². The summed E-state index contributed by atoms with van der Waals surface area (Å²) in [4.78, 5) is 10.7. The lowest BCUT2D eigenvalue weighted by atomic mass is 9.94. The Kier molecular flexibility index (Phi) is 3.78. The van der Waals surface area contributed by atoms with Crippen molar-refractivity contribution in [2.24, 2.45) is 0 Å². The summed E-state index contributed by atoms with van der Waals surface area (Å²) in [6.07, 6.45) is 0. The maximum atomic E-state index is 5.36.